The summed E-state index contributed by atoms with van der Waals surface area (Å²) in [5, 5.41) is 6.73. The molecule has 2 heterocycles. The van der Waals surface area contributed by atoms with Crippen molar-refractivity contribution in [1.29, 1.82) is 0 Å². The van der Waals surface area contributed by atoms with Crippen molar-refractivity contribution in [2.24, 2.45) is 11.8 Å². The zero-order chi connectivity index (χ0) is 31.1. The van der Waals surface area contributed by atoms with E-state index in [1.807, 2.05) is 11.0 Å². The zero-order valence-electron chi connectivity index (χ0n) is 25.7. The number of nitrogens with one attached hydrogen (secondary N) is 2. The average Bonchev–Trinajstić information content (AvgIpc) is 3.65. The van der Waals surface area contributed by atoms with E-state index in [0.29, 0.717) is 44.0 Å². The molecule has 1 saturated carbocycles. The van der Waals surface area contributed by atoms with Crippen molar-refractivity contribution in [2.75, 3.05) is 38.2 Å². The molecular weight excluding hydrogens is 585 g/mol. The van der Waals surface area contributed by atoms with Gasteiger partial charge < -0.3 is 10.6 Å². The normalized spacial score (nSPS) is 18.9. The average molecular weight is 631 g/mol. The van der Waals surface area contributed by atoms with Crippen LogP contribution in [0.5, 0.6) is 0 Å². The van der Waals surface area contributed by atoms with Crippen molar-refractivity contribution in [3.05, 3.63) is 40.9 Å². The first kappa shape index (κ1) is 33.3. The third-order valence-electron chi connectivity index (χ3n) is 8.85. The molecule has 1 aromatic heterocycles. The molecular formula is C32H46N4O5S2. The Labute approximate surface area is 259 Å². The molecule has 2 amide bonds. The second-order valence-corrected chi connectivity index (χ2v) is 15.8. The summed E-state index contributed by atoms with van der Waals surface area (Å²) in [6, 6.07) is 6.10. The van der Waals surface area contributed by atoms with E-state index in [-0.39, 0.29) is 53.9 Å². The van der Waals surface area contributed by atoms with Crippen molar-refractivity contribution in [2.45, 2.75) is 77.2 Å². The van der Waals surface area contributed by atoms with Gasteiger partial charge in [0.05, 0.1) is 32.6 Å². The quantitative estimate of drug-likeness (QED) is 0.302. The van der Waals surface area contributed by atoms with Gasteiger partial charge in [0.15, 0.2) is 15.6 Å². The summed E-state index contributed by atoms with van der Waals surface area (Å²) in [5.74, 6) is -0.0922. The van der Waals surface area contributed by atoms with Crippen LogP contribution in [0, 0.1) is 11.8 Å². The van der Waals surface area contributed by atoms with E-state index < -0.39 is 15.8 Å². The highest BCUT2D eigenvalue weighted by Crippen LogP contribution is 2.31. The molecule has 1 saturated heterocycles. The topological polar surface area (TPSA) is 126 Å². The summed E-state index contributed by atoms with van der Waals surface area (Å²) in [5.41, 5.74) is 2.62. The number of carbonyl (C=O) groups is 3. The Bertz CT molecular complexity index is 1410. The Morgan fingerprint density at radius 3 is 2.49 bits per heavy atom. The maximum absolute atomic E-state index is 13.7. The SMILES string of the molecule is C=C(CN1CCS(=O)(=O)CC1)C(=O)CC[C@@H](NC(=O)[C@@H](CC(=O)NC)Cc1nc2ccc(C(C)C)cc2s1)C1CCCC1. The maximum Gasteiger partial charge on any atom is 0.224 e. The fourth-order valence-corrected chi connectivity index (χ4v) is 8.42. The van der Waals surface area contributed by atoms with Gasteiger partial charge in [0.25, 0.3) is 0 Å². The third-order valence-corrected chi connectivity index (χ3v) is 11.5. The van der Waals surface area contributed by atoms with Gasteiger partial charge in [-0.3, -0.25) is 19.3 Å². The minimum absolute atomic E-state index is 0.0529. The lowest BCUT2D eigenvalue weighted by Gasteiger charge is -2.28. The molecule has 1 aliphatic heterocycles. The van der Waals surface area contributed by atoms with Gasteiger partial charge >= 0.3 is 0 Å². The van der Waals surface area contributed by atoms with Gasteiger partial charge in [0.2, 0.25) is 11.8 Å². The van der Waals surface area contributed by atoms with Crippen LogP contribution < -0.4 is 10.6 Å². The summed E-state index contributed by atoms with van der Waals surface area (Å²) in [6.45, 7) is 9.49. The number of carbonyl (C=O) groups excluding carboxylic acids is 3. The first-order valence-electron chi connectivity index (χ1n) is 15.5. The highest BCUT2D eigenvalue weighted by atomic mass is 32.2. The Balaban J connectivity index is 1.41. The van der Waals surface area contributed by atoms with Gasteiger partial charge in [-0.1, -0.05) is 39.3 Å². The Morgan fingerprint density at radius 2 is 1.84 bits per heavy atom. The summed E-state index contributed by atoms with van der Waals surface area (Å²) >= 11 is 1.57. The number of hydrogen-bond donors (Lipinski definition) is 2. The second kappa shape index (κ2) is 14.9. The summed E-state index contributed by atoms with van der Waals surface area (Å²) in [7, 11) is -1.41. The third kappa shape index (κ3) is 9.43. The minimum Gasteiger partial charge on any atom is -0.359 e. The van der Waals surface area contributed by atoms with E-state index in [0.717, 1.165) is 40.9 Å². The molecule has 0 spiro atoms. The summed E-state index contributed by atoms with van der Waals surface area (Å²) < 4.78 is 24.5. The van der Waals surface area contributed by atoms with E-state index in [9.17, 15) is 22.8 Å². The smallest absolute Gasteiger partial charge is 0.224 e. The van der Waals surface area contributed by atoms with Gasteiger partial charge in [-0.05, 0) is 48.8 Å². The van der Waals surface area contributed by atoms with Crippen LogP contribution in [0.1, 0.15) is 75.3 Å². The molecule has 0 radical (unpaired) electrons. The lowest BCUT2D eigenvalue weighted by Crippen LogP contribution is -2.44. The van der Waals surface area contributed by atoms with E-state index in [4.69, 9.17) is 4.98 Å². The predicted octanol–water partition coefficient (Wildman–Crippen LogP) is 4.03. The second-order valence-electron chi connectivity index (χ2n) is 12.4. The standard InChI is InChI=1S/C32H46N4O5S2/c1-21(2)24-9-10-27-29(17-24)42-31(34-27)19-25(18-30(38)33-4)32(39)35-26(23-7-5-6-8-23)11-12-28(37)22(3)20-36-13-15-43(40,41)16-14-36/h9-10,17,21,23,25-26H,3,5-8,11-16,18-20H2,1-2,4H3,(H,33,38)(H,35,39)/t25-,26+/m0/s1. The van der Waals surface area contributed by atoms with Crippen molar-refractivity contribution in [3.8, 4) is 0 Å². The number of benzene rings is 1. The fraction of sp³-hybridized carbons (Fsp3) is 0.625. The molecule has 2 fully saturated rings. The highest BCUT2D eigenvalue weighted by molar-refractivity contribution is 7.91. The Morgan fingerprint density at radius 1 is 1.14 bits per heavy atom. The number of amides is 2. The molecule has 43 heavy (non-hydrogen) atoms. The molecule has 11 heteroatoms. The number of sulfone groups is 1. The van der Waals surface area contributed by atoms with Gasteiger partial charge in [0, 0.05) is 57.6 Å². The molecule has 2 aromatic rings. The maximum atomic E-state index is 13.7. The van der Waals surface area contributed by atoms with E-state index in [2.05, 4.69) is 43.2 Å². The largest absolute Gasteiger partial charge is 0.359 e. The molecule has 2 N–H and O–H groups in total. The molecule has 1 aliphatic carbocycles. The van der Waals surface area contributed by atoms with Crippen LogP contribution in [0.4, 0.5) is 0 Å². The van der Waals surface area contributed by atoms with Gasteiger partial charge in [0.1, 0.15) is 0 Å². The van der Waals surface area contributed by atoms with Crippen molar-refractivity contribution in [3.63, 3.8) is 0 Å². The molecule has 0 bridgehead atoms. The molecule has 9 nitrogen and oxygen atoms in total. The first-order chi connectivity index (χ1) is 20.4. The number of ketones is 1. The lowest BCUT2D eigenvalue weighted by atomic mass is 9.91. The number of hydrogen-bond acceptors (Lipinski definition) is 8. The number of fused-ring (bicyclic) bond motifs is 1. The number of nitrogens with zero attached hydrogens (tertiary/aromatic N) is 2. The molecule has 236 valence electrons. The van der Waals surface area contributed by atoms with Gasteiger partial charge in [-0.15, -0.1) is 11.3 Å². The number of thiazole rings is 1. The molecule has 1 aromatic carbocycles. The number of rotatable bonds is 14. The van der Waals surface area contributed by atoms with E-state index in [1.165, 1.54) is 5.56 Å². The van der Waals surface area contributed by atoms with Crippen LogP contribution in [0.3, 0.4) is 0 Å². The molecule has 2 atom stereocenters. The van der Waals surface area contributed by atoms with Crippen LogP contribution in [0.2, 0.25) is 0 Å². The molecule has 4 rings (SSSR count). The molecule has 2 aliphatic rings. The lowest BCUT2D eigenvalue weighted by molar-refractivity contribution is -0.131. The molecule has 0 unspecified atom stereocenters. The number of Topliss-reactive ketones (excluding diaryl/α,β-unsaturated/α-hetero) is 1. The van der Waals surface area contributed by atoms with Crippen molar-refractivity contribution < 1.29 is 22.8 Å². The Hall–Kier alpha value is -2.63. The number of aromatic nitrogens is 1. The monoisotopic (exact) mass is 630 g/mol. The zero-order valence-corrected chi connectivity index (χ0v) is 27.3. The highest BCUT2D eigenvalue weighted by Gasteiger charge is 2.31. The van der Waals surface area contributed by atoms with E-state index in [1.54, 1.807) is 18.4 Å². The Kier molecular flexibility index (Phi) is 11.5. The van der Waals surface area contributed by atoms with Gasteiger partial charge in [-0.2, -0.15) is 0 Å². The first-order valence-corrected chi connectivity index (χ1v) is 18.1. The minimum atomic E-state index is -2.99. The van der Waals surface area contributed by atoms with Crippen molar-refractivity contribution >= 4 is 49.0 Å². The van der Waals surface area contributed by atoms with Crippen LogP contribution in [-0.4, -0.2) is 80.1 Å². The van der Waals surface area contributed by atoms with Crippen LogP contribution in [-0.2, 0) is 30.6 Å². The summed E-state index contributed by atoms with van der Waals surface area (Å²) in [6.07, 6.45) is 5.40. The predicted molar refractivity (Wildman–Crippen MR) is 172 cm³/mol. The van der Waals surface area contributed by atoms with Crippen LogP contribution in [0.25, 0.3) is 10.2 Å². The fourth-order valence-electron chi connectivity index (χ4n) is 6.05. The van der Waals surface area contributed by atoms with E-state index >= 15 is 0 Å². The van der Waals surface area contributed by atoms with Gasteiger partial charge in [-0.25, -0.2) is 13.4 Å². The van der Waals surface area contributed by atoms with Crippen molar-refractivity contribution in [1.82, 2.24) is 20.5 Å². The van der Waals surface area contributed by atoms with Crippen LogP contribution >= 0.6 is 11.3 Å². The van der Waals surface area contributed by atoms with Crippen LogP contribution in [0.15, 0.2) is 30.4 Å². The summed E-state index contributed by atoms with van der Waals surface area (Å²) in [4.78, 5) is 46.0.